The fraction of sp³-hybridized carbons (Fsp3) is 0.111. The number of carbonyl (C=O) groups is 1. The van der Waals surface area contributed by atoms with Crippen LogP contribution in [0.25, 0.3) is 0 Å². The zero-order valence-corrected chi connectivity index (χ0v) is 13.9. The minimum absolute atomic E-state index is 0.249. The quantitative estimate of drug-likeness (QED) is 0.708. The Morgan fingerprint density at radius 1 is 1.15 bits per heavy atom. The van der Waals surface area contributed by atoms with Gasteiger partial charge in [-0.2, -0.15) is 0 Å². The molecule has 2 heterocycles. The molecule has 0 saturated heterocycles. The molecule has 0 atom stereocenters. The average Bonchev–Trinajstić information content (AvgIpc) is 2.67. The largest absolute Gasteiger partial charge is 0.439 e. The Labute approximate surface area is 149 Å². The topological polar surface area (TPSA) is 89.0 Å². The van der Waals surface area contributed by atoms with Gasteiger partial charge in [0.25, 0.3) is 5.91 Å². The summed E-state index contributed by atoms with van der Waals surface area (Å²) in [6.45, 7) is 0.473. The molecule has 3 rings (SSSR count). The lowest BCUT2D eigenvalue weighted by Crippen LogP contribution is -2.19. The SMILES string of the molecule is CNC(=O)c1ccc(NCc2ccc(Oc3cccc(F)c3)nc2)nn1. The third-order valence-electron chi connectivity index (χ3n) is 3.41. The van der Waals surface area contributed by atoms with Gasteiger partial charge < -0.3 is 15.4 Å². The molecule has 0 bridgehead atoms. The first-order chi connectivity index (χ1) is 12.6. The van der Waals surface area contributed by atoms with Gasteiger partial charge in [0.2, 0.25) is 5.88 Å². The Bertz CT molecular complexity index is 885. The van der Waals surface area contributed by atoms with Crippen LogP contribution in [0.1, 0.15) is 16.1 Å². The molecule has 1 aromatic carbocycles. The Kier molecular flexibility index (Phi) is 5.33. The van der Waals surface area contributed by atoms with Crippen LogP contribution in [0.5, 0.6) is 11.6 Å². The monoisotopic (exact) mass is 353 g/mol. The number of anilines is 1. The number of hydrogen-bond acceptors (Lipinski definition) is 6. The molecule has 0 saturated carbocycles. The number of carbonyl (C=O) groups excluding carboxylic acids is 1. The van der Waals surface area contributed by atoms with E-state index in [4.69, 9.17) is 4.74 Å². The van der Waals surface area contributed by atoms with E-state index in [1.54, 1.807) is 36.5 Å². The number of pyridine rings is 1. The maximum absolute atomic E-state index is 13.1. The molecule has 0 spiro atoms. The van der Waals surface area contributed by atoms with Crippen LogP contribution in [0.15, 0.2) is 54.7 Å². The van der Waals surface area contributed by atoms with Gasteiger partial charge in [0.1, 0.15) is 17.4 Å². The molecule has 8 heteroatoms. The third kappa shape index (κ3) is 4.50. The molecular weight excluding hydrogens is 337 g/mol. The van der Waals surface area contributed by atoms with E-state index in [-0.39, 0.29) is 17.4 Å². The maximum atomic E-state index is 13.1. The number of nitrogens with zero attached hydrogens (tertiary/aromatic N) is 3. The number of aromatic nitrogens is 3. The molecule has 132 valence electrons. The van der Waals surface area contributed by atoms with Crippen molar-refractivity contribution in [1.82, 2.24) is 20.5 Å². The van der Waals surface area contributed by atoms with Crippen LogP contribution >= 0.6 is 0 Å². The summed E-state index contributed by atoms with van der Waals surface area (Å²) in [7, 11) is 1.53. The average molecular weight is 353 g/mol. The summed E-state index contributed by atoms with van der Waals surface area (Å²) < 4.78 is 18.6. The number of ether oxygens (including phenoxy) is 1. The molecular formula is C18H16FN5O2. The third-order valence-corrected chi connectivity index (χ3v) is 3.41. The number of hydrogen-bond donors (Lipinski definition) is 2. The van der Waals surface area contributed by atoms with Gasteiger partial charge in [0, 0.05) is 31.9 Å². The number of amides is 1. The summed E-state index contributed by atoms with van der Waals surface area (Å²) in [4.78, 5) is 15.6. The van der Waals surface area contributed by atoms with Crippen LogP contribution in [-0.4, -0.2) is 28.1 Å². The molecule has 0 radical (unpaired) electrons. The van der Waals surface area contributed by atoms with Gasteiger partial charge in [0.15, 0.2) is 5.69 Å². The molecule has 0 fully saturated rings. The van der Waals surface area contributed by atoms with Gasteiger partial charge in [-0.3, -0.25) is 4.79 Å². The number of rotatable bonds is 6. The second kappa shape index (κ2) is 8.02. The molecule has 0 unspecified atom stereocenters. The van der Waals surface area contributed by atoms with Gasteiger partial charge in [-0.05, 0) is 29.8 Å². The molecule has 7 nitrogen and oxygen atoms in total. The smallest absolute Gasteiger partial charge is 0.271 e. The lowest BCUT2D eigenvalue weighted by molar-refractivity contribution is 0.0957. The molecule has 1 amide bonds. The molecule has 0 aliphatic carbocycles. The highest BCUT2D eigenvalue weighted by atomic mass is 19.1. The predicted octanol–water partition coefficient (Wildman–Crippen LogP) is 2.77. The van der Waals surface area contributed by atoms with E-state index >= 15 is 0 Å². The summed E-state index contributed by atoms with van der Waals surface area (Å²) in [5.41, 5.74) is 1.15. The van der Waals surface area contributed by atoms with Gasteiger partial charge >= 0.3 is 0 Å². The minimum Gasteiger partial charge on any atom is -0.439 e. The summed E-state index contributed by atoms with van der Waals surface area (Å²) in [6.07, 6.45) is 1.65. The van der Waals surface area contributed by atoms with E-state index in [0.717, 1.165) is 5.56 Å². The number of benzene rings is 1. The number of nitrogens with one attached hydrogen (secondary N) is 2. The van der Waals surface area contributed by atoms with Crippen LogP contribution in [0, 0.1) is 5.82 Å². The van der Waals surface area contributed by atoms with Crippen molar-refractivity contribution in [2.24, 2.45) is 0 Å². The lowest BCUT2D eigenvalue weighted by atomic mass is 10.3. The highest BCUT2D eigenvalue weighted by Crippen LogP contribution is 2.20. The van der Waals surface area contributed by atoms with E-state index in [1.165, 1.54) is 19.2 Å². The zero-order valence-electron chi connectivity index (χ0n) is 13.9. The first-order valence-corrected chi connectivity index (χ1v) is 7.82. The summed E-state index contributed by atoms with van der Waals surface area (Å²) in [5.74, 6) is 0.635. The Balaban J connectivity index is 1.56. The maximum Gasteiger partial charge on any atom is 0.271 e. The van der Waals surface area contributed by atoms with Crippen molar-refractivity contribution in [2.75, 3.05) is 12.4 Å². The minimum atomic E-state index is -0.369. The second-order valence-electron chi connectivity index (χ2n) is 5.30. The van der Waals surface area contributed by atoms with Gasteiger partial charge in [-0.15, -0.1) is 10.2 Å². The standard InChI is InChI=1S/C18H16FN5O2/c1-20-18(25)15-6-7-16(24-23-15)21-10-12-5-8-17(22-11-12)26-14-4-2-3-13(19)9-14/h2-9,11H,10H2,1H3,(H,20,25)(H,21,24). The lowest BCUT2D eigenvalue weighted by Gasteiger charge is -2.07. The molecule has 2 aromatic heterocycles. The van der Waals surface area contributed by atoms with Crippen LogP contribution in [0.2, 0.25) is 0 Å². The van der Waals surface area contributed by atoms with Gasteiger partial charge in [-0.25, -0.2) is 9.37 Å². The van der Waals surface area contributed by atoms with Gasteiger partial charge in [-0.1, -0.05) is 12.1 Å². The first-order valence-electron chi connectivity index (χ1n) is 7.82. The van der Waals surface area contributed by atoms with Crippen LogP contribution in [0.3, 0.4) is 0 Å². The Morgan fingerprint density at radius 3 is 2.69 bits per heavy atom. The van der Waals surface area contributed by atoms with Crippen molar-refractivity contribution in [1.29, 1.82) is 0 Å². The second-order valence-corrected chi connectivity index (χ2v) is 5.30. The van der Waals surface area contributed by atoms with E-state index in [1.807, 2.05) is 6.07 Å². The van der Waals surface area contributed by atoms with Gasteiger partial charge in [0.05, 0.1) is 0 Å². The Hall–Kier alpha value is -3.55. The van der Waals surface area contributed by atoms with E-state index in [0.29, 0.717) is 24.0 Å². The number of halogens is 1. The van der Waals surface area contributed by atoms with Crippen molar-refractivity contribution in [3.63, 3.8) is 0 Å². The van der Waals surface area contributed by atoms with E-state index < -0.39 is 0 Å². The van der Waals surface area contributed by atoms with Crippen molar-refractivity contribution in [3.05, 3.63) is 71.8 Å². The highest BCUT2D eigenvalue weighted by molar-refractivity contribution is 5.91. The normalized spacial score (nSPS) is 10.2. The molecule has 0 aliphatic heterocycles. The zero-order chi connectivity index (χ0) is 18.4. The molecule has 3 aromatic rings. The predicted molar refractivity (Wildman–Crippen MR) is 93.5 cm³/mol. The van der Waals surface area contributed by atoms with Crippen molar-refractivity contribution in [2.45, 2.75) is 6.54 Å². The van der Waals surface area contributed by atoms with Crippen molar-refractivity contribution < 1.29 is 13.9 Å². The first kappa shape index (κ1) is 17.3. The molecule has 0 aliphatic rings. The summed E-state index contributed by atoms with van der Waals surface area (Å²) in [6, 6.07) is 12.6. The fourth-order valence-corrected chi connectivity index (χ4v) is 2.10. The molecule has 26 heavy (non-hydrogen) atoms. The molecule has 2 N–H and O–H groups in total. The van der Waals surface area contributed by atoms with Crippen molar-refractivity contribution in [3.8, 4) is 11.6 Å². The highest BCUT2D eigenvalue weighted by Gasteiger charge is 2.06. The van der Waals surface area contributed by atoms with Crippen molar-refractivity contribution >= 4 is 11.7 Å². The van der Waals surface area contributed by atoms with Crippen LogP contribution in [0.4, 0.5) is 10.2 Å². The van der Waals surface area contributed by atoms with E-state index in [2.05, 4.69) is 25.8 Å². The Morgan fingerprint density at radius 2 is 2.04 bits per heavy atom. The van der Waals surface area contributed by atoms with E-state index in [9.17, 15) is 9.18 Å². The van der Waals surface area contributed by atoms with Crippen LogP contribution in [-0.2, 0) is 6.54 Å². The van der Waals surface area contributed by atoms with Crippen LogP contribution < -0.4 is 15.4 Å². The summed E-state index contributed by atoms with van der Waals surface area (Å²) in [5, 5.41) is 13.3. The summed E-state index contributed by atoms with van der Waals surface area (Å²) >= 11 is 0. The fourth-order valence-electron chi connectivity index (χ4n) is 2.10.